The molecule has 7 nitrogen and oxygen atoms in total. The minimum atomic E-state index is 0.0838. The third-order valence-corrected chi connectivity index (χ3v) is 5.08. The van der Waals surface area contributed by atoms with E-state index in [2.05, 4.69) is 61.5 Å². The lowest BCUT2D eigenvalue weighted by molar-refractivity contribution is 0.202. The molecule has 4 aromatic rings. The van der Waals surface area contributed by atoms with Gasteiger partial charge in [0.15, 0.2) is 0 Å². The fourth-order valence-corrected chi connectivity index (χ4v) is 3.55. The van der Waals surface area contributed by atoms with Crippen LogP contribution in [0.15, 0.2) is 79.9 Å². The van der Waals surface area contributed by atoms with Crippen LogP contribution < -0.4 is 0 Å². The van der Waals surface area contributed by atoms with Crippen LogP contribution in [-0.4, -0.2) is 47.5 Å². The molecule has 1 unspecified atom stereocenters. The number of rotatable bonds is 9. The number of benzene rings is 2. The zero-order chi connectivity index (χ0) is 19.9. The Morgan fingerprint density at radius 3 is 1.83 bits per heavy atom. The molecule has 0 spiro atoms. The van der Waals surface area contributed by atoms with E-state index < -0.39 is 0 Å². The van der Waals surface area contributed by atoms with E-state index in [1.54, 1.807) is 25.3 Å². The number of aromatic nitrogens is 6. The van der Waals surface area contributed by atoms with Gasteiger partial charge in [0, 0.05) is 18.1 Å². The van der Waals surface area contributed by atoms with Gasteiger partial charge < -0.3 is 0 Å². The monoisotopic (exact) mass is 407 g/mol. The Morgan fingerprint density at radius 2 is 1.31 bits per heavy atom. The standard InChI is InChI=1S/C21H22ClN7/c22-20-8-6-19(7-9-20)21(18-4-2-1-3-5-18)27(10-12-28-16-23-14-25-28)11-13-29-17-24-15-26-29/h1-9,14-17,21H,10-13H2. The molecule has 0 bridgehead atoms. The Bertz CT molecular complexity index is 932. The van der Waals surface area contributed by atoms with Crippen LogP contribution in [-0.2, 0) is 13.1 Å². The summed E-state index contributed by atoms with van der Waals surface area (Å²) in [5.74, 6) is 0. The smallest absolute Gasteiger partial charge is 0.137 e. The van der Waals surface area contributed by atoms with Gasteiger partial charge in [-0.3, -0.25) is 14.3 Å². The summed E-state index contributed by atoms with van der Waals surface area (Å²) in [6.07, 6.45) is 6.62. The van der Waals surface area contributed by atoms with Crippen molar-refractivity contribution in [1.82, 2.24) is 34.4 Å². The van der Waals surface area contributed by atoms with Crippen molar-refractivity contribution >= 4 is 11.6 Å². The number of hydrogen-bond acceptors (Lipinski definition) is 5. The fraction of sp³-hybridized carbons (Fsp3) is 0.238. The largest absolute Gasteiger partial charge is 0.289 e. The Kier molecular flexibility index (Phi) is 6.29. The van der Waals surface area contributed by atoms with E-state index in [1.165, 1.54) is 11.1 Å². The van der Waals surface area contributed by atoms with Crippen LogP contribution in [0.5, 0.6) is 0 Å². The summed E-state index contributed by atoms with van der Waals surface area (Å²) in [6.45, 7) is 3.10. The van der Waals surface area contributed by atoms with Gasteiger partial charge in [-0.05, 0) is 23.3 Å². The maximum atomic E-state index is 6.15. The summed E-state index contributed by atoms with van der Waals surface area (Å²) >= 11 is 6.15. The molecular weight excluding hydrogens is 386 g/mol. The Morgan fingerprint density at radius 1 is 0.759 bits per heavy atom. The van der Waals surface area contributed by atoms with Gasteiger partial charge in [0.2, 0.25) is 0 Å². The second kappa shape index (κ2) is 9.45. The first kappa shape index (κ1) is 19.3. The highest BCUT2D eigenvalue weighted by Crippen LogP contribution is 2.29. The summed E-state index contributed by atoms with van der Waals surface area (Å²) in [6, 6.07) is 18.7. The summed E-state index contributed by atoms with van der Waals surface area (Å²) < 4.78 is 3.71. The number of nitrogens with zero attached hydrogens (tertiary/aromatic N) is 7. The highest BCUT2D eigenvalue weighted by molar-refractivity contribution is 6.30. The number of hydrogen-bond donors (Lipinski definition) is 0. The quantitative estimate of drug-likeness (QED) is 0.426. The predicted octanol–water partition coefficient (Wildman–Crippen LogP) is 3.31. The second-order valence-electron chi connectivity index (χ2n) is 6.72. The van der Waals surface area contributed by atoms with Gasteiger partial charge in [-0.15, -0.1) is 0 Å². The first-order chi connectivity index (χ1) is 14.3. The van der Waals surface area contributed by atoms with E-state index in [4.69, 9.17) is 11.6 Å². The van der Waals surface area contributed by atoms with Crippen LogP contribution in [0.3, 0.4) is 0 Å². The van der Waals surface area contributed by atoms with Crippen molar-refractivity contribution in [3.8, 4) is 0 Å². The molecule has 0 fully saturated rings. The van der Waals surface area contributed by atoms with Gasteiger partial charge >= 0.3 is 0 Å². The van der Waals surface area contributed by atoms with Crippen molar-refractivity contribution in [3.05, 3.63) is 96.1 Å². The van der Waals surface area contributed by atoms with E-state index in [0.717, 1.165) is 31.2 Å². The summed E-state index contributed by atoms with van der Waals surface area (Å²) in [7, 11) is 0. The Labute approximate surface area is 174 Å². The van der Waals surface area contributed by atoms with E-state index in [1.807, 2.05) is 27.6 Å². The number of halogens is 1. The van der Waals surface area contributed by atoms with Crippen molar-refractivity contribution in [2.75, 3.05) is 13.1 Å². The van der Waals surface area contributed by atoms with Crippen LogP contribution in [0.1, 0.15) is 17.2 Å². The fourth-order valence-electron chi connectivity index (χ4n) is 3.42. The molecule has 0 radical (unpaired) electrons. The normalized spacial score (nSPS) is 12.3. The van der Waals surface area contributed by atoms with E-state index in [0.29, 0.717) is 0 Å². The zero-order valence-corrected chi connectivity index (χ0v) is 16.7. The van der Waals surface area contributed by atoms with Crippen molar-refractivity contribution in [1.29, 1.82) is 0 Å². The average Bonchev–Trinajstić information content (AvgIpc) is 3.46. The van der Waals surface area contributed by atoms with E-state index in [-0.39, 0.29) is 6.04 Å². The van der Waals surface area contributed by atoms with Gasteiger partial charge in [-0.1, -0.05) is 54.1 Å². The molecule has 0 saturated carbocycles. The predicted molar refractivity (Wildman–Crippen MR) is 111 cm³/mol. The molecule has 0 N–H and O–H groups in total. The van der Waals surface area contributed by atoms with Crippen LogP contribution in [0.25, 0.3) is 0 Å². The Balaban J connectivity index is 1.64. The molecule has 0 aliphatic rings. The first-order valence-corrected chi connectivity index (χ1v) is 9.87. The third-order valence-electron chi connectivity index (χ3n) is 4.83. The molecule has 0 aliphatic carbocycles. The molecule has 0 aliphatic heterocycles. The molecule has 29 heavy (non-hydrogen) atoms. The highest BCUT2D eigenvalue weighted by atomic mass is 35.5. The van der Waals surface area contributed by atoms with Gasteiger partial charge in [0.05, 0.1) is 19.1 Å². The molecule has 8 heteroatoms. The van der Waals surface area contributed by atoms with E-state index in [9.17, 15) is 0 Å². The lowest BCUT2D eigenvalue weighted by atomic mass is 9.97. The molecule has 0 saturated heterocycles. The Hall–Kier alpha value is -3.03. The average molecular weight is 408 g/mol. The highest BCUT2D eigenvalue weighted by Gasteiger charge is 2.22. The lowest BCUT2D eigenvalue weighted by Gasteiger charge is -2.32. The van der Waals surface area contributed by atoms with Crippen molar-refractivity contribution in [2.45, 2.75) is 19.1 Å². The van der Waals surface area contributed by atoms with Crippen molar-refractivity contribution < 1.29 is 0 Å². The second-order valence-corrected chi connectivity index (χ2v) is 7.15. The maximum Gasteiger partial charge on any atom is 0.137 e. The molecular formula is C21H22ClN7. The van der Waals surface area contributed by atoms with Crippen molar-refractivity contribution in [2.24, 2.45) is 0 Å². The molecule has 2 heterocycles. The van der Waals surface area contributed by atoms with Crippen LogP contribution >= 0.6 is 11.6 Å². The first-order valence-electron chi connectivity index (χ1n) is 9.49. The van der Waals surface area contributed by atoms with Gasteiger partial charge in [0.25, 0.3) is 0 Å². The SMILES string of the molecule is Clc1ccc(C(c2ccccc2)N(CCn2cncn2)CCn2cncn2)cc1. The van der Waals surface area contributed by atoms with Crippen molar-refractivity contribution in [3.63, 3.8) is 0 Å². The van der Waals surface area contributed by atoms with Crippen LogP contribution in [0, 0.1) is 0 Å². The minimum Gasteiger partial charge on any atom is -0.289 e. The topological polar surface area (TPSA) is 64.7 Å². The molecule has 2 aromatic heterocycles. The third kappa shape index (κ3) is 5.07. The van der Waals surface area contributed by atoms with Crippen LogP contribution in [0.4, 0.5) is 0 Å². The molecule has 148 valence electrons. The summed E-state index contributed by atoms with van der Waals surface area (Å²) in [4.78, 5) is 10.5. The van der Waals surface area contributed by atoms with Gasteiger partial charge in [-0.25, -0.2) is 9.97 Å². The zero-order valence-electron chi connectivity index (χ0n) is 15.9. The van der Waals surface area contributed by atoms with Crippen LogP contribution in [0.2, 0.25) is 5.02 Å². The lowest BCUT2D eigenvalue weighted by Crippen LogP contribution is -2.35. The van der Waals surface area contributed by atoms with Gasteiger partial charge in [0.1, 0.15) is 25.3 Å². The molecule has 2 aromatic carbocycles. The molecule has 0 amide bonds. The maximum absolute atomic E-state index is 6.15. The molecule has 4 rings (SSSR count). The molecule has 1 atom stereocenters. The summed E-state index contributed by atoms with van der Waals surface area (Å²) in [5, 5.41) is 9.23. The summed E-state index contributed by atoms with van der Waals surface area (Å²) in [5.41, 5.74) is 2.42. The van der Waals surface area contributed by atoms with Gasteiger partial charge in [-0.2, -0.15) is 10.2 Å². The van der Waals surface area contributed by atoms with E-state index >= 15 is 0 Å². The minimum absolute atomic E-state index is 0.0838.